The second-order valence-corrected chi connectivity index (χ2v) is 5.60. The third kappa shape index (κ3) is 3.38. The maximum absolute atomic E-state index is 4.47. The fraction of sp³-hybridized carbons (Fsp3) is 0.909. The Morgan fingerprint density at radius 2 is 2.40 bits per heavy atom. The lowest BCUT2D eigenvalue weighted by atomic mass is 10.3. The highest BCUT2D eigenvalue weighted by Crippen LogP contribution is 2.26. The summed E-state index contributed by atoms with van der Waals surface area (Å²) in [5.41, 5.74) is 0. The van der Waals surface area contributed by atoms with E-state index < -0.39 is 0 Å². The van der Waals surface area contributed by atoms with Crippen molar-refractivity contribution in [3.63, 3.8) is 0 Å². The first kappa shape index (κ1) is 11.3. The minimum absolute atomic E-state index is 0.614. The third-order valence-electron chi connectivity index (χ3n) is 3.16. The van der Waals surface area contributed by atoms with Crippen molar-refractivity contribution in [1.82, 2.24) is 10.2 Å². The van der Waals surface area contributed by atoms with Gasteiger partial charge in [-0.15, -0.1) is 0 Å². The van der Waals surface area contributed by atoms with Gasteiger partial charge in [0.2, 0.25) is 0 Å². The average Bonchev–Trinajstić information content (AvgIpc) is 3.10. The molecule has 1 aliphatic heterocycles. The Morgan fingerprint density at radius 3 is 3.00 bits per heavy atom. The Balaban J connectivity index is 1.69. The molecule has 0 amide bonds. The highest BCUT2D eigenvalue weighted by atomic mass is 32.2. The van der Waals surface area contributed by atoms with Crippen molar-refractivity contribution < 1.29 is 0 Å². The second-order valence-electron chi connectivity index (χ2n) is 4.52. The van der Waals surface area contributed by atoms with E-state index >= 15 is 0 Å². The summed E-state index contributed by atoms with van der Waals surface area (Å²) in [5.74, 6) is 1.22. The molecule has 0 radical (unpaired) electrons. The predicted molar refractivity (Wildman–Crippen MR) is 67.6 cm³/mol. The molecule has 0 bridgehead atoms. The van der Waals surface area contributed by atoms with Crippen LogP contribution >= 0.6 is 11.8 Å². The lowest BCUT2D eigenvalue weighted by Gasteiger charge is -2.25. The summed E-state index contributed by atoms with van der Waals surface area (Å²) < 4.78 is 0. The van der Waals surface area contributed by atoms with Crippen LogP contribution in [0.3, 0.4) is 0 Å². The number of aliphatic imine (C=N–C) groups is 1. The Hall–Kier alpha value is -0.220. The molecule has 0 aromatic carbocycles. The van der Waals surface area contributed by atoms with E-state index in [-0.39, 0.29) is 0 Å². The largest absolute Gasteiger partial charge is 0.363 e. The number of rotatable bonds is 4. The van der Waals surface area contributed by atoms with Gasteiger partial charge in [0, 0.05) is 30.9 Å². The zero-order valence-corrected chi connectivity index (χ0v) is 10.5. The number of likely N-dealkylation sites (N-methyl/N-ethyl adjacent to an activating group) is 1. The molecule has 1 unspecified atom stereocenters. The topological polar surface area (TPSA) is 27.6 Å². The van der Waals surface area contributed by atoms with Gasteiger partial charge in [0.1, 0.15) is 0 Å². The summed E-state index contributed by atoms with van der Waals surface area (Å²) in [4.78, 5) is 6.96. The molecule has 86 valence electrons. The van der Waals surface area contributed by atoms with E-state index in [1.807, 2.05) is 11.8 Å². The van der Waals surface area contributed by atoms with Crippen LogP contribution in [-0.2, 0) is 0 Å². The fourth-order valence-electron chi connectivity index (χ4n) is 1.79. The van der Waals surface area contributed by atoms with Gasteiger partial charge >= 0.3 is 0 Å². The average molecular weight is 227 g/mol. The molecular formula is C11H21N3S. The van der Waals surface area contributed by atoms with Gasteiger partial charge in [-0.05, 0) is 33.2 Å². The van der Waals surface area contributed by atoms with E-state index in [0.29, 0.717) is 6.04 Å². The van der Waals surface area contributed by atoms with Gasteiger partial charge in [-0.3, -0.25) is 9.89 Å². The highest BCUT2D eigenvalue weighted by Gasteiger charge is 2.28. The maximum atomic E-state index is 4.47. The zero-order valence-electron chi connectivity index (χ0n) is 9.70. The number of amidine groups is 1. The molecule has 3 nitrogen and oxygen atoms in total. The minimum atomic E-state index is 0.614. The molecule has 1 atom stereocenters. The fourth-order valence-corrected chi connectivity index (χ4v) is 2.62. The quantitative estimate of drug-likeness (QED) is 0.790. The number of thioether (sulfide) groups is 1. The monoisotopic (exact) mass is 227 g/mol. The van der Waals surface area contributed by atoms with E-state index in [9.17, 15) is 0 Å². The van der Waals surface area contributed by atoms with Crippen molar-refractivity contribution in [2.45, 2.75) is 38.3 Å². The molecular weight excluding hydrogens is 206 g/mol. The third-order valence-corrected chi connectivity index (χ3v) is 4.20. The Morgan fingerprint density at radius 1 is 1.60 bits per heavy atom. The smallest absolute Gasteiger partial charge is 0.156 e. The normalized spacial score (nSPS) is 23.8. The van der Waals surface area contributed by atoms with E-state index in [1.165, 1.54) is 25.0 Å². The number of nitrogens with zero attached hydrogens (tertiary/aromatic N) is 2. The van der Waals surface area contributed by atoms with Crippen LogP contribution in [0.4, 0.5) is 0 Å². The number of nitrogens with one attached hydrogen (secondary N) is 1. The van der Waals surface area contributed by atoms with Crippen LogP contribution in [0.2, 0.25) is 0 Å². The van der Waals surface area contributed by atoms with Crippen LogP contribution in [0, 0.1) is 0 Å². The first-order chi connectivity index (χ1) is 7.27. The lowest BCUT2D eigenvalue weighted by Crippen LogP contribution is -2.40. The summed E-state index contributed by atoms with van der Waals surface area (Å²) in [6, 6.07) is 1.46. The summed E-state index contributed by atoms with van der Waals surface area (Å²) in [5, 5.41) is 4.61. The summed E-state index contributed by atoms with van der Waals surface area (Å²) >= 11 is 1.86. The van der Waals surface area contributed by atoms with Gasteiger partial charge in [0.05, 0.1) is 0 Å². The lowest BCUT2D eigenvalue weighted by molar-refractivity contribution is 0.248. The zero-order chi connectivity index (χ0) is 10.7. The van der Waals surface area contributed by atoms with Crippen LogP contribution in [0.25, 0.3) is 0 Å². The first-order valence-electron chi connectivity index (χ1n) is 5.90. The van der Waals surface area contributed by atoms with Crippen LogP contribution in [0.5, 0.6) is 0 Å². The summed E-state index contributed by atoms with van der Waals surface area (Å²) in [6.45, 7) is 4.32. The van der Waals surface area contributed by atoms with Gasteiger partial charge < -0.3 is 5.32 Å². The number of hydrogen-bond donors (Lipinski definition) is 1. The van der Waals surface area contributed by atoms with Crippen LogP contribution in [0.15, 0.2) is 4.99 Å². The molecule has 2 aliphatic rings. The summed E-state index contributed by atoms with van der Waals surface area (Å²) in [7, 11) is 2.24. The van der Waals surface area contributed by atoms with Gasteiger partial charge in [-0.25, -0.2) is 0 Å². The van der Waals surface area contributed by atoms with Crippen molar-refractivity contribution >= 4 is 16.9 Å². The van der Waals surface area contributed by atoms with Gasteiger partial charge in [-0.1, -0.05) is 11.8 Å². The van der Waals surface area contributed by atoms with E-state index in [0.717, 1.165) is 24.3 Å². The maximum Gasteiger partial charge on any atom is 0.156 e. The van der Waals surface area contributed by atoms with Crippen molar-refractivity contribution in [2.75, 3.05) is 25.9 Å². The van der Waals surface area contributed by atoms with E-state index in [4.69, 9.17) is 0 Å². The number of hydrogen-bond acceptors (Lipinski definition) is 4. The molecule has 1 saturated carbocycles. The predicted octanol–water partition coefficient (Wildman–Crippen LogP) is 1.55. The van der Waals surface area contributed by atoms with Gasteiger partial charge in [0.15, 0.2) is 5.17 Å². The van der Waals surface area contributed by atoms with Crippen molar-refractivity contribution in [2.24, 2.45) is 4.99 Å². The Labute approximate surface area is 96.7 Å². The second kappa shape index (κ2) is 5.21. The molecule has 0 aromatic heterocycles. The molecule has 15 heavy (non-hydrogen) atoms. The molecule has 0 aromatic rings. The van der Waals surface area contributed by atoms with E-state index in [1.54, 1.807) is 0 Å². The molecule has 0 saturated heterocycles. The molecule has 1 aliphatic carbocycles. The van der Waals surface area contributed by atoms with Crippen molar-refractivity contribution in [1.29, 1.82) is 0 Å². The van der Waals surface area contributed by atoms with Crippen LogP contribution < -0.4 is 5.32 Å². The van der Waals surface area contributed by atoms with Crippen molar-refractivity contribution in [3.8, 4) is 0 Å². The Bertz CT molecular complexity index is 238. The van der Waals surface area contributed by atoms with Crippen LogP contribution in [-0.4, -0.2) is 48.0 Å². The Kier molecular flexibility index (Phi) is 3.92. The molecule has 1 fully saturated rings. The minimum Gasteiger partial charge on any atom is -0.363 e. The van der Waals surface area contributed by atoms with Gasteiger partial charge in [0.25, 0.3) is 0 Å². The van der Waals surface area contributed by atoms with Gasteiger partial charge in [-0.2, -0.15) is 0 Å². The summed E-state index contributed by atoms with van der Waals surface area (Å²) in [6.07, 6.45) is 4.00. The van der Waals surface area contributed by atoms with E-state index in [2.05, 4.69) is 29.2 Å². The molecule has 1 heterocycles. The highest BCUT2D eigenvalue weighted by molar-refractivity contribution is 8.13. The molecule has 2 rings (SSSR count). The molecule has 0 spiro atoms. The van der Waals surface area contributed by atoms with Crippen molar-refractivity contribution in [3.05, 3.63) is 0 Å². The standard InChI is InChI=1S/C11H21N3S/c1-9(14(2)10-4-5-10)8-13-11-12-6-3-7-15-11/h9-10H,3-8H2,1-2H3,(H,12,13). The SMILES string of the molecule is CC(CNC1=NCCCS1)N(C)C1CC1. The molecule has 1 N–H and O–H groups in total. The first-order valence-corrected chi connectivity index (χ1v) is 6.89. The molecule has 4 heteroatoms. The van der Waals surface area contributed by atoms with Crippen LogP contribution in [0.1, 0.15) is 26.2 Å².